The highest BCUT2D eigenvalue weighted by Gasteiger charge is 2.37. The van der Waals surface area contributed by atoms with Crippen molar-refractivity contribution in [1.29, 1.82) is 0 Å². The van der Waals surface area contributed by atoms with Gasteiger partial charge in [-0.2, -0.15) is 0 Å². The lowest BCUT2D eigenvalue weighted by molar-refractivity contribution is -0.0480. The summed E-state index contributed by atoms with van der Waals surface area (Å²) in [5.74, 6) is -2.41. The molecule has 0 saturated heterocycles. The average Bonchev–Trinajstić information content (AvgIpc) is 2.70. The Labute approximate surface area is 121 Å². The van der Waals surface area contributed by atoms with E-state index in [1.807, 2.05) is 12.1 Å². The molecule has 1 amide bonds. The predicted molar refractivity (Wildman–Crippen MR) is 73.1 cm³/mol. The Kier molecular flexibility index (Phi) is 3.44. The molecule has 1 fully saturated rings. The summed E-state index contributed by atoms with van der Waals surface area (Å²) in [6, 6.07) is 5.44. The Morgan fingerprint density at radius 2 is 2.00 bits per heavy atom. The fourth-order valence-electron chi connectivity index (χ4n) is 3.12. The molecule has 20 heavy (non-hydrogen) atoms. The van der Waals surface area contributed by atoms with Crippen molar-refractivity contribution in [2.24, 2.45) is 5.92 Å². The molecule has 3 rings (SSSR count). The molecule has 1 aliphatic carbocycles. The van der Waals surface area contributed by atoms with E-state index in [-0.39, 0.29) is 24.7 Å². The molecule has 5 heteroatoms. The Morgan fingerprint density at radius 1 is 1.30 bits per heavy atom. The molecule has 0 radical (unpaired) electrons. The van der Waals surface area contributed by atoms with Crippen molar-refractivity contribution >= 4 is 17.5 Å². The fraction of sp³-hybridized carbons (Fsp3) is 0.533. The largest absolute Gasteiger partial charge is 0.334 e. The second-order valence-electron chi connectivity index (χ2n) is 5.76. The Balaban J connectivity index is 1.67. The van der Waals surface area contributed by atoms with Crippen LogP contribution in [0.5, 0.6) is 0 Å². The quantitative estimate of drug-likeness (QED) is 0.804. The van der Waals surface area contributed by atoms with Gasteiger partial charge in [-0.25, -0.2) is 8.78 Å². The average molecular weight is 300 g/mol. The second-order valence-corrected chi connectivity index (χ2v) is 6.17. The Hall–Kier alpha value is -1.16. The number of carbonyl (C=O) groups excluding carboxylic acids is 1. The van der Waals surface area contributed by atoms with E-state index in [2.05, 4.69) is 0 Å². The van der Waals surface area contributed by atoms with Gasteiger partial charge in [-0.15, -0.1) is 0 Å². The summed E-state index contributed by atoms with van der Waals surface area (Å²) >= 11 is 6.06. The minimum Gasteiger partial charge on any atom is -0.334 e. The third-order valence-electron chi connectivity index (χ3n) is 4.28. The second kappa shape index (κ2) is 4.99. The minimum atomic E-state index is -2.52. The van der Waals surface area contributed by atoms with Crippen molar-refractivity contribution in [3.63, 3.8) is 0 Å². The van der Waals surface area contributed by atoms with Gasteiger partial charge >= 0.3 is 0 Å². The van der Waals surface area contributed by atoms with Crippen molar-refractivity contribution in [1.82, 2.24) is 4.90 Å². The summed E-state index contributed by atoms with van der Waals surface area (Å²) in [5, 5.41) is 0.477. The zero-order chi connectivity index (χ0) is 14.3. The van der Waals surface area contributed by atoms with Gasteiger partial charge in [0.2, 0.25) is 5.92 Å². The van der Waals surface area contributed by atoms with E-state index in [0.29, 0.717) is 36.5 Å². The van der Waals surface area contributed by atoms with E-state index in [9.17, 15) is 13.6 Å². The number of carbonyl (C=O) groups is 1. The van der Waals surface area contributed by atoms with E-state index in [0.717, 1.165) is 5.56 Å². The third kappa shape index (κ3) is 2.53. The van der Waals surface area contributed by atoms with Crippen LogP contribution in [0.25, 0.3) is 0 Å². The number of rotatable bonds is 2. The standard InChI is InChI=1S/C15H16ClF2NO/c16-12-3-1-2-11-9-19(14(20)13(11)12)8-10-4-6-15(17,18)7-5-10/h1-3,10H,4-9H2. The highest BCUT2D eigenvalue weighted by atomic mass is 35.5. The highest BCUT2D eigenvalue weighted by Crippen LogP contribution is 2.37. The first kappa shape index (κ1) is 13.8. The summed E-state index contributed by atoms with van der Waals surface area (Å²) < 4.78 is 26.3. The summed E-state index contributed by atoms with van der Waals surface area (Å²) in [7, 11) is 0. The molecule has 2 nitrogen and oxygen atoms in total. The summed E-state index contributed by atoms with van der Waals surface area (Å²) in [6.07, 6.45) is 0.850. The maximum Gasteiger partial charge on any atom is 0.256 e. The molecule has 1 aliphatic heterocycles. The van der Waals surface area contributed by atoms with Gasteiger partial charge in [-0.3, -0.25) is 4.79 Å². The first-order chi connectivity index (χ1) is 9.46. The molecule has 0 atom stereocenters. The van der Waals surface area contributed by atoms with Crippen molar-refractivity contribution < 1.29 is 13.6 Å². The molecule has 0 unspecified atom stereocenters. The van der Waals surface area contributed by atoms with Crippen LogP contribution in [0.4, 0.5) is 8.78 Å². The summed E-state index contributed by atoms with van der Waals surface area (Å²) in [5.41, 5.74) is 1.51. The highest BCUT2D eigenvalue weighted by molar-refractivity contribution is 6.34. The Morgan fingerprint density at radius 3 is 2.65 bits per heavy atom. The minimum absolute atomic E-state index is 0.0621. The number of benzene rings is 1. The molecular weight excluding hydrogens is 284 g/mol. The van der Waals surface area contributed by atoms with Crippen LogP contribution in [0.2, 0.25) is 5.02 Å². The third-order valence-corrected chi connectivity index (χ3v) is 4.59. The number of nitrogens with zero attached hydrogens (tertiary/aromatic N) is 1. The molecule has 1 aromatic carbocycles. The number of alkyl halides is 2. The van der Waals surface area contributed by atoms with Gasteiger partial charge in [-0.1, -0.05) is 23.7 Å². The smallest absolute Gasteiger partial charge is 0.256 e. The Bertz CT molecular complexity index is 537. The van der Waals surface area contributed by atoms with E-state index in [4.69, 9.17) is 11.6 Å². The predicted octanol–water partition coefficient (Wildman–Crippen LogP) is 4.12. The van der Waals surface area contributed by atoms with Crippen LogP contribution in [0.15, 0.2) is 18.2 Å². The van der Waals surface area contributed by atoms with Gasteiger partial charge in [0.05, 0.1) is 10.6 Å². The maximum absolute atomic E-state index is 13.1. The van der Waals surface area contributed by atoms with E-state index in [1.165, 1.54) is 0 Å². The van der Waals surface area contributed by atoms with Crippen molar-refractivity contribution in [3.8, 4) is 0 Å². The van der Waals surface area contributed by atoms with Crippen LogP contribution in [-0.2, 0) is 6.54 Å². The summed E-state index contributed by atoms with van der Waals surface area (Å²) in [6.45, 7) is 1.10. The molecule has 0 spiro atoms. The molecule has 1 saturated carbocycles. The van der Waals surface area contributed by atoms with Gasteiger partial charge in [0.25, 0.3) is 5.91 Å². The molecule has 2 aliphatic rings. The van der Waals surface area contributed by atoms with Gasteiger partial charge in [0.15, 0.2) is 0 Å². The van der Waals surface area contributed by atoms with Gasteiger partial charge in [-0.05, 0) is 30.4 Å². The molecule has 1 aromatic rings. The maximum atomic E-state index is 13.1. The topological polar surface area (TPSA) is 20.3 Å². The lowest BCUT2D eigenvalue weighted by Gasteiger charge is -2.30. The van der Waals surface area contributed by atoms with Crippen LogP contribution in [0, 0.1) is 5.92 Å². The zero-order valence-electron chi connectivity index (χ0n) is 11.0. The van der Waals surface area contributed by atoms with E-state index >= 15 is 0 Å². The number of hydrogen-bond donors (Lipinski definition) is 0. The van der Waals surface area contributed by atoms with E-state index in [1.54, 1.807) is 11.0 Å². The van der Waals surface area contributed by atoms with Crippen molar-refractivity contribution in [3.05, 3.63) is 34.3 Å². The fourth-order valence-corrected chi connectivity index (χ4v) is 3.39. The van der Waals surface area contributed by atoms with Gasteiger partial charge < -0.3 is 4.90 Å². The lowest BCUT2D eigenvalue weighted by Crippen LogP contribution is -2.34. The molecule has 0 aromatic heterocycles. The van der Waals surface area contributed by atoms with Crippen LogP contribution < -0.4 is 0 Å². The van der Waals surface area contributed by atoms with Crippen molar-refractivity contribution in [2.75, 3.05) is 6.54 Å². The number of hydrogen-bond acceptors (Lipinski definition) is 1. The van der Waals surface area contributed by atoms with Gasteiger partial charge in [0.1, 0.15) is 0 Å². The van der Waals surface area contributed by atoms with Crippen LogP contribution in [-0.4, -0.2) is 23.3 Å². The first-order valence-electron chi connectivity index (χ1n) is 6.91. The van der Waals surface area contributed by atoms with Gasteiger partial charge in [0, 0.05) is 25.9 Å². The first-order valence-corrected chi connectivity index (χ1v) is 7.28. The van der Waals surface area contributed by atoms with E-state index < -0.39 is 5.92 Å². The molecular formula is C15H16ClF2NO. The molecule has 0 bridgehead atoms. The SMILES string of the molecule is O=C1c2c(Cl)cccc2CN1CC1CCC(F)(F)CC1. The van der Waals surface area contributed by atoms with Crippen LogP contribution in [0.1, 0.15) is 41.6 Å². The normalized spacial score (nSPS) is 22.1. The number of amides is 1. The van der Waals surface area contributed by atoms with Crippen LogP contribution >= 0.6 is 11.6 Å². The molecule has 0 N–H and O–H groups in total. The number of halogens is 3. The number of fused-ring (bicyclic) bond motifs is 1. The van der Waals surface area contributed by atoms with Crippen LogP contribution in [0.3, 0.4) is 0 Å². The lowest BCUT2D eigenvalue weighted by atomic mass is 9.86. The molecule has 1 heterocycles. The summed E-state index contributed by atoms with van der Waals surface area (Å²) in [4.78, 5) is 14.1. The van der Waals surface area contributed by atoms with Crippen molar-refractivity contribution in [2.45, 2.75) is 38.2 Å². The zero-order valence-corrected chi connectivity index (χ0v) is 11.8. The monoisotopic (exact) mass is 299 g/mol. The molecule has 108 valence electrons.